The molecular weight excluding hydrogens is 294 g/mol. The van der Waals surface area contributed by atoms with Crippen molar-refractivity contribution < 1.29 is 33.0 Å². The fourth-order valence-electron chi connectivity index (χ4n) is 0.553. The predicted octanol–water partition coefficient (Wildman–Crippen LogP) is -4.09. The molecule has 0 aliphatic heterocycles. The molecule has 13 nitrogen and oxygen atoms in total. The van der Waals surface area contributed by atoms with E-state index < -0.39 is 15.6 Å². The summed E-state index contributed by atoms with van der Waals surface area (Å²) in [5.41, 5.74) is 15.4. The summed E-state index contributed by atoms with van der Waals surface area (Å²) in [4.78, 5) is 46.2. The second-order valence-electron chi connectivity index (χ2n) is 2.41. The zero-order chi connectivity index (χ0) is 14.6. The highest BCUT2D eigenvalue weighted by Crippen LogP contribution is 2.45. The first kappa shape index (κ1) is 16.7. The van der Waals surface area contributed by atoms with Crippen LogP contribution in [0.15, 0.2) is 0 Å². The molecule has 0 amide bonds. The lowest BCUT2D eigenvalue weighted by molar-refractivity contribution is -0.339. The summed E-state index contributed by atoms with van der Waals surface area (Å²) in [6, 6.07) is 0. The molecular formula is C3H7N6O7P2-3. The van der Waals surface area contributed by atoms with Crippen molar-refractivity contribution in [2.45, 2.75) is 0 Å². The molecule has 1 aromatic rings. The molecule has 0 aliphatic carbocycles. The maximum absolute atomic E-state index is 9.44. The highest BCUT2D eigenvalue weighted by molar-refractivity contribution is 7.58. The number of phosphoric acid groups is 2. The number of nitrogens with zero attached hydrogens (tertiary/aromatic N) is 3. The topological polar surface area (TPSA) is 250 Å². The van der Waals surface area contributed by atoms with Crippen LogP contribution in [0.25, 0.3) is 0 Å². The fraction of sp³-hybridized carbons (Fsp3) is 0. The van der Waals surface area contributed by atoms with Crippen LogP contribution in [0.4, 0.5) is 17.8 Å². The molecule has 1 aromatic heterocycles. The quantitative estimate of drug-likeness (QED) is 0.379. The first-order chi connectivity index (χ1) is 7.89. The third kappa shape index (κ3) is 9.86. The van der Waals surface area contributed by atoms with E-state index in [0.717, 1.165) is 0 Å². The van der Waals surface area contributed by atoms with Gasteiger partial charge in [-0.15, -0.1) is 0 Å². The molecule has 0 saturated heterocycles. The van der Waals surface area contributed by atoms with Gasteiger partial charge in [-0.05, 0) is 0 Å². The van der Waals surface area contributed by atoms with E-state index in [1.807, 2.05) is 0 Å². The van der Waals surface area contributed by atoms with Crippen LogP contribution in [0, 0.1) is 0 Å². The molecule has 15 heteroatoms. The van der Waals surface area contributed by atoms with Crippen molar-refractivity contribution in [3.8, 4) is 0 Å². The number of rotatable bonds is 2. The smallest absolute Gasteiger partial charge is 0.269 e. The molecule has 0 saturated carbocycles. The first-order valence-electron chi connectivity index (χ1n) is 3.69. The molecule has 7 N–H and O–H groups in total. The summed E-state index contributed by atoms with van der Waals surface area (Å²) < 4.78 is 21.4. The summed E-state index contributed by atoms with van der Waals surface area (Å²) in [6.45, 7) is 0. The summed E-state index contributed by atoms with van der Waals surface area (Å²) in [5.74, 6) is 0.125. The highest BCUT2D eigenvalue weighted by Gasteiger charge is 2.03. The SMILES string of the molecule is Nc1nc(N)nc(N)n1.O=P([O-])([O-])OP(=O)([O-])O. The minimum Gasteiger partial charge on any atom is -0.790 e. The third-order valence-electron chi connectivity index (χ3n) is 0.890. The zero-order valence-corrected chi connectivity index (χ0v) is 10.2. The number of anilines is 3. The highest BCUT2D eigenvalue weighted by atomic mass is 31.3. The number of nitrogen functional groups attached to an aromatic ring is 3. The summed E-state index contributed by atoms with van der Waals surface area (Å²) in [5, 5.41) is 0. The van der Waals surface area contributed by atoms with E-state index in [0.29, 0.717) is 0 Å². The Balaban J connectivity index is 0.000000321. The lowest BCUT2D eigenvalue weighted by atomic mass is 10.9. The Bertz CT molecular complexity index is 425. The average Bonchev–Trinajstić information content (AvgIpc) is 1.92. The van der Waals surface area contributed by atoms with E-state index in [9.17, 15) is 23.8 Å². The summed E-state index contributed by atoms with van der Waals surface area (Å²) in [6.07, 6.45) is 0. The van der Waals surface area contributed by atoms with Crippen LogP contribution in [-0.4, -0.2) is 19.8 Å². The van der Waals surface area contributed by atoms with Crippen molar-refractivity contribution in [1.82, 2.24) is 15.0 Å². The van der Waals surface area contributed by atoms with E-state index in [4.69, 9.17) is 22.1 Å². The van der Waals surface area contributed by atoms with Gasteiger partial charge in [0.1, 0.15) is 0 Å². The van der Waals surface area contributed by atoms with E-state index in [1.54, 1.807) is 0 Å². The number of aromatic nitrogens is 3. The van der Waals surface area contributed by atoms with Crippen LogP contribution < -0.4 is 31.9 Å². The van der Waals surface area contributed by atoms with Crippen molar-refractivity contribution in [3.63, 3.8) is 0 Å². The molecule has 1 unspecified atom stereocenters. The van der Waals surface area contributed by atoms with Gasteiger partial charge in [-0.3, -0.25) is 8.88 Å². The van der Waals surface area contributed by atoms with Gasteiger partial charge in [0.15, 0.2) is 0 Å². The molecule has 0 radical (unpaired) electrons. The van der Waals surface area contributed by atoms with Crippen molar-refractivity contribution in [2.75, 3.05) is 17.2 Å². The van der Waals surface area contributed by atoms with Crippen LogP contribution in [-0.2, 0) is 13.4 Å². The Kier molecular flexibility index (Phi) is 5.57. The molecule has 0 bridgehead atoms. The van der Waals surface area contributed by atoms with Gasteiger partial charge in [-0.1, -0.05) is 0 Å². The van der Waals surface area contributed by atoms with Gasteiger partial charge in [-0.2, -0.15) is 15.0 Å². The van der Waals surface area contributed by atoms with E-state index >= 15 is 0 Å². The van der Waals surface area contributed by atoms with Crippen molar-refractivity contribution in [3.05, 3.63) is 0 Å². The second-order valence-corrected chi connectivity index (χ2v) is 4.89. The maximum Gasteiger partial charge on any atom is 0.269 e. The Labute approximate surface area is 99.5 Å². The monoisotopic (exact) mass is 301 g/mol. The van der Waals surface area contributed by atoms with Gasteiger partial charge in [-0.25, -0.2) is 0 Å². The standard InChI is InChI=1S/C3H6N6.H4O7P2/c4-1-7-2(5)9-3(6)8-1;1-8(2,3)7-9(4,5)6/h(H6,4,5,6,7,8,9);(H2,1,2,3)(H2,4,5,6)/p-3. The minimum absolute atomic E-state index is 0.0417. The Morgan fingerprint density at radius 3 is 1.33 bits per heavy atom. The first-order valence-corrected chi connectivity index (χ1v) is 6.64. The van der Waals surface area contributed by atoms with Crippen molar-refractivity contribution in [1.29, 1.82) is 0 Å². The minimum atomic E-state index is -5.61. The molecule has 104 valence electrons. The predicted molar refractivity (Wildman–Crippen MR) is 51.6 cm³/mol. The number of hydrogen-bond acceptors (Lipinski definition) is 12. The largest absolute Gasteiger partial charge is 0.790 e. The van der Waals surface area contributed by atoms with E-state index in [1.165, 1.54) is 0 Å². The Hall–Kier alpha value is -1.33. The van der Waals surface area contributed by atoms with Gasteiger partial charge >= 0.3 is 0 Å². The van der Waals surface area contributed by atoms with Crippen LogP contribution in [0.3, 0.4) is 0 Å². The second kappa shape index (κ2) is 6.02. The molecule has 1 heterocycles. The molecule has 1 atom stereocenters. The summed E-state index contributed by atoms with van der Waals surface area (Å²) >= 11 is 0. The molecule has 0 fully saturated rings. The summed E-state index contributed by atoms with van der Waals surface area (Å²) in [7, 11) is -11.0. The van der Waals surface area contributed by atoms with E-state index in [2.05, 4.69) is 19.3 Å². The molecule has 18 heavy (non-hydrogen) atoms. The van der Waals surface area contributed by atoms with Crippen LogP contribution in [0.5, 0.6) is 0 Å². The molecule has 0 aliphatic rings. The Morgan fingerprint density at radius 1 is 0.944 bits per heavy atom. The van der Waals surface area contributed by atoms with Crippen molar-refractivity contribution >= 4 is 33.5 Å². The van der Waals surface area contributed by atoms with Crippen LogP contribution >= 0.6 is 15.6 Å². The average molecular weight is 301 g/mol. The third-order valence-corrected chi connectivity index (χ3v) is 2.52. The van der Waals surface area contributed by atoms with Crippen LogP contribution in [0.2, 0.25) is 0 Å². The van der Waals surface area contributed by atoms with Gasteiger partial charge in [0.25, 0.3) is 7.82 Å². The molecule has 0 aromatic carbocycles. The van der Waals surface area contributed by atoms with Gasteiger partial charge < -0.3 is 41.3 Å². The molecule has 0 spiro atoms. The normalized spacial score (nSPS) is 14.2. The number of nitrogens with two attached hydrogens (primary N) is 3. The maximum atomic E-state index is 9.44. The van der Waals surface area contributed by atoms with Gasteiger partial charge in [0.2, 0.25) is 17.8 Å². The molecule has 1 rings (SSSR count). The lowest BCUT2D eigenvalue weighted by Gasteiger charge is -2.32. The van der Waals surface area contributed by atoms with Gasteiger partial charge in [0, 0.05) is 0 Å². The van der Waals surface area contributed by atoms with Crippen molar-refractivity contribution in [2.24, 2.45) is 0 Å². The number of hydrogen-bond donors (Lipinski definition) is 4. The fourth-order valence-corrected chi connectivity index (χ4v) is 1.56. The van der Waals surface area contributed by atoms with E-state index in [-0.39, 0.29) is 17.8 Å². The van der Waals surface area contributed by atoms with Crippen LogP contribution in [0.1, 0.15) is 0 Å². The Morgan fingerprint density at radius 2 is 1.22 bits per heavy atom. The van der Waals surface area contributed by atoms with Gasteiger partial charge in [0.05, 0.1) is 7.82 Å². The lowest BCUT2D eigenvalue weighted by Crippen LogP contribution is -2.17. The zero-order valence-electron chi connectivity index (χ0n) is 8.36.